The molecule has 2 nitrogen and oxygen atoms in total. The van der Waals surface area contributed by atoms with Crippen molar-refractivity contribution in [2.45, 2.75) is 60.1 Å². The molecule has 0 saturated carbocycles. The van der Waals surface area contributed by atoms with E-state index in [0.717, 1.165) is 13.2 Å². The minimum Gasteiger partial charge on any atom is -0.375 e. The first kappa shape index (κ1) is 13.0. The van der Waals surface area contributed by atoms with Crippen molar-refractivity contribution < 1.29 is 4.74 Å². The molecule has 0 radical (unpaired) electrons. The monoisotopic (exact) mass is 213 g/mol. The normalized spacial score (nSPS) is 29.2. The second-order valence-electron chi connectivity index (χ2n) is 6.98. The second kappa shape index (κ2) is 4.42. The summed E-state index contributed by atoms with van der Waals surface area (Å²) >= 11 is 0. The molecule has 90 valence electrons. The Morgan fingerprint density at radius 1 is 1.13 bits per heavy atom. The molecule has 2 unspecified atom stereocenters. The fourth-order valence-electron chi connectivity index (χ4n) is 2.35. The summed E-state index contributed by atoms with van der Waals surface area (Å²) in [5.41, 5.74) is 0.588. The van der Waals surface area contributed by atoms with E-state index in [1.807, 2.05) is 0 Å². The van der Waals surface area contributed by atoms with Gasteiger partial charge in [-0.3, -0.25) is 0 Å². The zero-order chi connectivity index (χ0) is 11.7. The lowest BCUT2D eigenvalue weighted by atomic mass is 9.77. The van der Waals surface area contributed by atoms with Crippen LogP contribution in [0, 0.1) is 10.8 Å². The van der Waals surface area contributed by atoms with Crippen molar-refractivity contribution in [1.82, 2.24) is 5.32 Å². The minimum absolute atomic E-state index is 0.226. The maximum absolute atomic E-state index is 5.94. The predicted octanol–water partition coefficient (Wildman–Crippen LogP) is 2.83. The molecule has 2 atom stereocenters. The van der Waals surface area contributed by atoms with Crippen molar-refractivity contribution in [2.75, 3.05) is 13.2 Å². The van der Waals surface area contributed by atoms with Gasteiger partial charge in [0.2, 0.25) is 0 Å². The van der Waals surface area contributed by atoms with E-state index in [2.05, 4.69) is 46.9 Å². The van der Waals surface area contributed by atoms with Gasteiger partial charge in [0.25, 0.3) is 0 Å². The molecule has 15 heavy (non-hydrogen) atoms. The lowest BCUT2D eigenvalue weighted by molar-refractivity contribution is -0.0726. The van der Waals surface area contributed by atoms with Crippen LogP contribution >= 0.6 is 0 Å². The van der Waals surface area contributed by atoms with Gasteiger partial charge in [-0.25, -0.2) is 0 Å². The van der Waals surface area contributed by atoms with E-state index in [4.69, 9.17) is 4.74 Å². The van der Waals surface area contributed by atoms with Crippen molar-refractivity contribution >= 4 is 0 Å². The predicted molar refractivity (Wildman–Crippen MR) is 65.1 cm³/mol. The molecule has 0 aromatic carbocycles. The summed E-state index contributed by atoms with van der Waals surface area (Å²) in [6.07, 6.45) is 1.51. The van der Waals surface area contributed by atoms with Crippen molar-refractivity contribution in [3.63, 3.8) is 0 Å². The third-order valence-electron chi connectivity index (χ3n) is 2.86. The molecule has 2 heteroatoms. The van der Waals surface area contributed by atoms with E-state index in [-0.39, 0.29) is 5.41 Å². The zero-order valence-corrected chi connectivity index (χ0v) is 11.2. The van der Waals surface area contributed by atoms with E-state index < -0.39 is 0 Å². The van der Waals surface area contributed by atoms with Crippen LogP contribution in [0.5, 0.6) is 0 Å². The molecule has 0 aromatic heterocycles. The Morgan fingerprint density at radius 3 is 2.20 bits per heavy atom. The fraction of sp³-hybridized carbons (Fsp3) is 1.00. The summed E-state index contributed by atoms with van der Waals surface area (Å²) in [5.74, 6) is 0. The van der Waals surface area contributed by atoms with Gasteiger partial charge in [-0.05, 0) is 17.3 Å². The van der Waals surface area contributed by atoms with Gasteiger partial charge in [-0.15, -0.1) is 0 Å². The molecule has 1 heterocycles. The second-order valence-corrected chi connectivity index (χ2v) is 6.98. The molecule has 1 saturated heterocycles. The lowest BCUT2D eigenvalue weighted by Crippen LogP contribution is -2.54. The van der Waals surface area contributed by atoms with E-state index in [9.17, 15) is 0 Å². The van der Waals surface area contributed by atoms with Gasteiger partial charge >= 0.3 is 0 Å². The number of hydrogen-bond acceptors (Lipinski definition) is 2. The van der Waals surface area contributed by atoms with Gasteiger partial charge in [0.15, 0.2) is 0 Å². The molecule has 0 amide bonds. The zero-order valence-electron chi connectivity index (χ0n) is 11.2. The average molecular weight is 213 g/mol. The molecule has 1 rings (SSSR count). The molecule has 0 bridgehead atoms. The van der Waals surface area contributed by atoms with E-state index in [1.165, 1.54) is 6.42 Å². The fourth-order valence-corrected chi connectivity index (χ4v) is 2.35. The van der Waals surface area contributed by atoms with E-state index in [1.54, 1.807) is 0 Å². The summed E-state index contributed by atoms with van der Waals surface area (Å²) in [6.45, 7) is 15.5. The van der Waals surface area contributed by atoms with Gasteiger partial charge in [-0.1, -0.05) is 41.5 Å². The van der Waals surface area contributed by atoms with Gasteiger partial charge in [0, 0.05) is 12.6 Å². The van der Waals surface area contributed by atoms with Gasteiger partial charge in [0.05, 0.1) is 12.7 Å². The minimum atomic E-state index is 0.226. The maximum Gasteiger partial charge on any atom is 0.0776 e. The molecule has 0 spiro atoms. The van der Waals surface area contributed by atoms with Gasteiger partial charge < -0.3 is 10.1 Å². The molecule has 0 aliphatic carbocycles. The van der Waals surface area contributed by atoms with Crippen molar-refractivity contribution in [3.05, 3.63) is 0 Å². The van der Waals surface area contributed by atoms with Gasteiger partial charge in [-0.2, -0.15) is 0 Å². The van der Waals surface area contributed by atoms with Crippen molar-refractivity contribution in [3.8, 4) is 0 Å². The molecule has 0 aromatic rings. The maximum atomic E-state index is 5.94. The van der Waals surface area contributed by atoms with Crippen LogP contribution in [0.1, 0.15) is 48.0 Å². The Hall–Kier alpha value is -0.0800. The first-order valence-corrected chi connectivity index (χ1v) is 6.05. The Labute approximate surface area is 94.8 Å². The van der Waals surface area contributed by atoms with E-state index in [0.29, 0.717) is 17.6 Å². The molecule has 1 N–H and O–H groups in total. The Kier molecular flexibility index (Phi) is 3.83. The van der Waals surface area contributed by atoms with Crippen LogP contribution in [0.3, 0.4) is 0 Å². The number of ether oxygens (including phenoxy) is 1. The summed E-state index contributed by atoms with van der Waals surface area (Å²) in [5, 5.41) is 3.61. The topological polar surface area (TPSA) is 21.3 Å². The molecular formula is C13H27NO. The Morgan fingerprint density at radius 2 is 1.73 bits per heavy atom. The molecule has 1 fully saturated rings. The first-order valence-electron chi connectivity index (χ1n) is 6.05. The molecule has 1 aliphatic heterocycles. The highest BCUT2D eigenvalue weighted by atomic mass is 16.5. The van der Waals surface area contributed by atoms with Gasteiger partial charge in [0.1, 0.15) is 0 Å². The van der Waals surface area contributed by atoms with Crippen molar-refractivity contribution in [1.29, 1.82) is 0 Å². The lowest BCUT2D eigenvalue weighted by Gasteiger charge is -2.43. The highest BCUT2D eigenvalue weighted by Gasteiger charge is 2.36. The highest BCUT2D eigenvalue weighted by molar-refractivity contribution is 4.91. The number of rotatable bonds is 1. The quantitative estimate of drug-likeness (QED) is 0.723. The number of morpholine rings is 1. The van der Waals surface area contributed by atoms with Crippen molar-refractivity contribution in [2.24, 2.45) is 10.8 Å². The largest absolute Gasteiger partial charge is 0.375 e. The third-order valence-corrected chi connectivity index (χ3v) is 2.86. The average Bonchev–Trinajstić information content (AvgIpc) is 1.99. The summed E-state index contributed by atoms with van der Waals surface area (Å²) < 4.78 is 5.94. The Bertz CT molecular complexity index is 200. The third kappa shape index (κ3) is 4.12. The molecular weight excluding hydrogens is 186 g/mol. The number of hydrogen-bond donors (Lipinski definition) is 1. The first-order chi connectivity index (χ1) is 6.70. The van der Waals surface area contributed by atoms with Crippen LogP contribution in [-0.4, -0.2) is 25.3 Å². The molecule has 1 aliphatic rings. The summed E-state index contributed by atoms with van der Waals surface area (Å²) in [4.78, 5) is 0. The summed E-state index contributed by atoms with van der Waals surface area (Å²) in [7, 11) is 0. The SMILES string of the molecule is CC(C)(C)CC1NCCOC1C(C)(C)C. The highest BCUT2D eigenvalue weighted by Crippen LogP contribution is 2.32. The van der Waals surface area contributed by atoms with Crippen LogP contribution < -0.4 is 5.32 Å². The van der Waals surface area contributed by atoms with Crippen LogP contribution in [0.4, 0.5) is 0 Å². The van der Waals surface area contributed by atoms with Crippen LogP contribution in [0.25, 0.3) is 0 Å². The van der Waals surface area contributed by atoms with Crippen LogP contribution in [-0.2, 0) is 4.74 Å². The van der Waals surface area contributed by atoms with E-state index >= 15 is 0 Å². The van der Waals surface area contributed by atoms with Crippen LogP contribution in [0.2, 0.25) is 0 Å². The number of nitrogens with one attached hydrogen (secondary N) is 1. The smallest absolute Gasteiger partial charge is 0.0776 e. The Balaban J connectivity index is 2.66. The summed E-state index contributed by atoms with van der Waals surface area (Å²) in [6, 6.07) is 0.499. The standard InChI is InChI=1S/C13H27NO/c1-12(2,3)9-10-11(13(4,5)6)15-8-7-14-10/h10-11,14H,7-9H2,1-6H3. The van der Waals surface area contributed by atoms with Crippen LogP contribution in [0.15, 0.2) is 0 Å².